The Kier molecular flexibility index (Phi) is 3.69. The van der Waals surface area contributed by atoms with Gasteiger partial charge in [-0.25, -0.2) is 4.79 Å². The lowest BCUT2D eigenvalue weighted by molar-refractivity contribution is -0.144. The first-order valence-electron chi connectivity index (χ1n) is 5.03. The number of carbonyl (C=O) groups excluding carboxylic acids is 1. The van der Waals surface area contributed by atoms with Gasteiger partial charge in [-0.05, 0) is 39.0 Å². The summed E-state index contributed by atoms with van der Waals surface area (Å²) in [6, 6.07) is 0. The minimum absolute atomic E-state index is 0.0725. The molecule has 0 radical (unpaired) electrons. The molecule has 0 aromatic carbocycles. The summed E-state index contributed by atoms with van der Waals surface area (Å²) < 4.78 is 5.13. The Balaban J connectivity index is 2.19. The van der Waals surface area contributed by atoms with Crippen LogP contribution in [0.3, 0.4) is 0 Å². The molecule has 1 atom stereocenters. The number of aliphatic hydroxyl groups is 1. The van der Waals surface area contributed by atoms with Crippen LogP contribution in [0.4, 0.5) is 0 Å². The van der Waals surface area contributed by atoms with Gasteiger partial charge < -0.3 is 9.84 Å². The normalized spacial score (nSPS) is 27.6. The Bertz CT molecular complexity index is 229. The highest BCUT2D eigenvalue weighted by Gasteiger charge is 2.29. The molecule has 3 heteroatoms. The third-order valence-corrected chi connectivity index (χ3v) is 2.53. The maximum atomic E-state index is 11.1. The summed E-state index contributed by atoms with van der Waals surface area (Å²) in [5.41, 5.74) is 0.436. The molecule has 1 N–H and O–H groups in total. The maximum Gasteiger partial charge on any atom is 0.333 e. The molecule has 0 bridgehead atoms. The van der Waals surface area contributed by atoms with Crippen molar-refractivity contribution in [1.82, 2.24) is 0 Å². The van der Waals surface area contributed by atoms with Gasteiger partial charge in [0.25, 0.3) is 0 Å². The second kappa shape index (κ2) is 4.60. The predicted molar refractivity (Wildman–Crippen MR) is 53.7 cm³/mol. The van der Waals surface area contributed by atoms with Gasteiger partial charge in [-0.2, -0.15) is 0 Å². The first kappa shape index (κ1) is 11.2. The zero-order chi connectivity index (χ0) is 10.7. The lowest BCUT2D eigenvalue weighted by Gasteiger charge is -2.32. The molecule has 1 unspecified atom stereocenters. The van der Waals surface area contributed by atoms with E-state index >= 15 is 0 Å². The largest absolute Gasteiger partial charge is 0.459 e. The van der Waals surface area contributed by atoms with Gasteiger partial charge in [-0.3, -0.25) is 0 Å². The summed E-state index contributed by atoms with van der Waals surface area (Å²) in [6.07, 6.45) is 2.32. The second-order valence-corrected chi connectivity index (χ2v) is 4.22. The minimum atomic E-state index is -0.322. The van der Waals surface area contributed by atoms with Gasteiger partial charge in [0.2, 0.25) is 0 Å². The van der Waals surface area contributed by atoms with E-state index in [2.05, 4.69) is 6.58 Å². The standard InChI is InChI=1S/C11H18O3/c1-7(2)11(13)14-8(3)4-9-5-10(12)6-9/h8-10,12H,1,4-6H2,2-3H3. The van der Waals surface area contributed by atoms with E-state index in [9.17, 15) is 4.79 Å². The molecular formula is C11H18O3. The van der Waals surface area contributed by atoms with Crippen LogP contribution in [0.1, 0.15) is 33.1 Å². The van der Waals surface area contributed by atoms with E-state index in [1.807, 2.05) is 6.92 Å². The van der Waals surface area contributed by atoms with E-state index in [1.165, 1.54) is 0 Å². The molecule has 0 spiro atoms. The van der Waals surface area contributed by atoms with E-state index in [1.54, 1.807) is 6.92 Å². The molecule has 1 aliphatic rings. The number of esters is 1. The number of ether oxygens (including phenoxy) is 1. The Morgan fingerprint density at radius 2 is 2.21 bits per heavy atom. The molecule has 1 aliphatic carbocycles. The van der Waals surface area contributed by atoms with Crippen molar-refractivity contribution >= 4 is 5.97 Å². The Hall–Kier alpha value is -0.830. The number of aliphatic hydroxyl groups excluding tert-OH is 1. The van der Waals surface area contributed by atoms with Crippen molar-refractivity contribution in [3.05, 3.63) is 12.2 Å². The van der Waals surface area contributed by atoms with Crippen LogP contribution in [-0.2, 0) is 9.53 Å². The van der Waals surface area contributed by atoms with E-state index in [-0.39, 0.29) is 18.2 Å². The molecule has 0 aromatic rings. The number of hydrogen-bond acceptors (Lipinski definition) is 3. The summed E-state index contributed by atoms with van der Waals surface area (Å²) in [4.78, 5) is 11.1. The van der Waals surface area contributed by atoms with Gasteiger partial charge in [-0.15, -0.1) is 0 Å². The van der Waals surface area contributed by atoms with Crippen LogP contribution in [-0.4, -0.2) is 23.3 Å². The Morgan fingerprint density at radius 1 is 1.64 bits per heavy atom. The van der Waals surface area contributed by atoms with Gasteiger partial charge in [0.05, 0.1) is 12.2 Å². The molecule has 0 aliphatic heterocycles. The van der Waals surface area contributed by atoms with Crippen molar-refractivity contribution in [1.29, 1.82) is 0 Å². The highest BCUT2D eigenvalue weighted by atomic mass is 16.5. The van der Waals surface area contributed by atoms with Crippen molar-refractivity contribution in [2.45, 2.75) is 45.3 Å². The van der Waals surface area contributed by atoms with Crippen molar-refractivity contribution < 1.29 is 14.6 Å². The predicted octanol–water partition coefficient (Wildman–Crippen LogP) is 1.66. The molecule has 1 rings (SSSR count). The number of hydrogen-bond donors (Lipinski definition) is 1. The average Bonchev–Trinajstić information content (AvgIpc) is 2.01. The van der Waals surface area contributed by atoms with Crippen molar-refractivity contribution in [2.24, 2.45) is 5.92 Å². The fourth-order valence-electron chi connectivity index (χ4n) is 1.69. The van der Waals surface area contributed by atoms with Gasteiger partial charge in [-0.1, -0.05) is 6.58 Å². The van der Waals surface area contributed by atoms with Crippen LogP contribution < -0.4 is 0 Å². The van der Waals surface area contributed by atoms with Gasteiger partial charge >= 0.3 is 5.97 Å². The zero-order valence-electron chi connectivity index (χ0n) is 8.82. The van der Waals surface area contributed by atoms with Crippen LogP contribution in [0.15, 0.2) is 12.2 Å². The van der Waals surface area contributed by atoms with Crippen LogP contribution >= 0.6 is 0 Å². The summed E-state index contributed by atoms with van der Waals surface area (Å²) in [5, 5.41) is 9.08. The van der Waals surface area contributed by atoms with Gasteiger partial charge in [0.15, 0.2) is 0 Å². The third kappa shape index (κ3) is 3.14. The molecule has 80 valence electrons. The minimum Gasteiger partial charge on any atom is -0.459 e. The SMILES string of the molecule is C=C(C)C(=O)OC(C)CC1CC(O)C1. The summed E-state index contributed by atoms with van der Waals surface area (Å²) in [5.74, 6) is 0.190. The molecule has 0 heterocycles. The molecule has 0 saturated heterocycles. The zero-order valence-corrected chi connectivity index (χ0v) is 8.82. The fraction of sp³-hybridized carbons (Fsp3) is 0.727. The van der Waals surface area contributed by atoms with E-state index < -0.39 is 0 Å². The van der Waals surface area contributed by atoms with Crippen LogP contribution in [0.5, 0.6) is 0 Å². The highest BCUT2D eigenvalue weighted by molar-refractivity contribution is 5.87. The molecule has 3 nitrogen and oxygen atoms in total. The van der Waals surface area contributed by atoms with E-state index in [0.29, 0.717) is 11.5 Å². The molecule has 0 aromatic heterocycles. The lowest BCUT2D eigenvalue weighted by atomic mass is 9.79. The molecular weight excluding hydrogens is 180 g/mol. The van der Waals surface area contributed by atoms with E-state index in [4.69, 9.17) is 9.84 Å². The lowest BCUT2D eigenvalue weighted by Crippen LogP contribution is -2.31. The average molecular weight is 198 g/mol. The molecule has 14 heavy (non-hydrogen) atoms. The maximum absolute atomic E-state index is 11.1. The first-order chi connectivity index (χ1) is 6.49. The van der Waals surface area contributed by atoms with Gasteiger partial charge in [0, 0.05) is 5.57 Å². The smallest absolute Gasteiger partial charge is 0.333 e. The Labute approximate surface area is 84.8 Å². The second-order valence-electron chi connectivity index (χ2n) is 4.22. The van der Waals surface area contributed by atoms with Crippen LogP contribution in [0.25, 0.3) is 0 Å². The molecule has 1 fully saturated rings. The molecule has 1 saturated carbocycles. The Morgan fingerprint density at radius 3 is 2.64 bits per heavy atom. The quantitative estimate of drug-likeness (QED) is 0.552. The summed E-state index contributed by atoms with van der Waals surface area (Å²) in [7, 11) is 0. The van der Waals surface area contributed by atoms with E-state index in [0.717, 1.165) is 19.3 Å². The van der Waals surface area contributed by atoms with Gasteiger partial charge in [0.1, 0.15) is 0 Å². The van der Waals surface area contributed by atoms with Crippen molar-refractivity contribution in [2.75, 3.05) is 0 Å². The first-order valence-corrected chi connectivity index (χ1v) is 5.03. The monoisotopic (exact) mass is 198 g/mol. The van der Waals surface area contributed by atoms with Crippen molar-refractivity contribution in [3.8, 4) is 0 Å². The third-order valence-electron chi connectivity index (χ3n) is 2.53. The summed E-state index contributed by atoms with van der Waals surface area (Å²) in [6.45, 7) is 7.04. The summed E-state index contributed by atoms with van der Waals surface area (Å²) >= 11 is 0. The highest BCUT2D eigenvalue weighted by Crippen LogP contribution is 2.31. The molecule has 0 amide bonds. The number of carbonyl (C=O) groups is 1. The number of rotatable bonds is 4. The van der Waals surface area contributed by atoms with Crippen LogP contribution in [0, 0.1) is 5.92 Å². The van der Waals surface area contributed by atoms with Crippen LogP contribution in [0.2, 0.25) is 0 Å². The fourth-order valence-corrected chi connectivity index (χ4v) is 1.69. The topological polar surface area (TPSA) is 46.5 Å². The van der Waals surface area contributed by atoms with Crippen molar-refractivity contribution in [3.63, 3.8) is 0 Å².